The molecule has 2 rings (SSSR count). The van der Waals surface area contributed by atoms with E-state index in [0.717, 1.165) is 12.1 Å². The van der Waals surface area contributed by atoms with Crippen LogP contribution in [-0.4, -0.2) is 4.98 Å². The van der Waals surface area contributed by atoms with E-state index in [1.807, 2.05) is 0 Å². The van der Waals surface area contributed by atoms with Gasteiger partial charge in [-0.15, -0.1) is 0 Å². The first-order valence-corrected chi connectivity index (χ1v) is 5.49. The summed E-state index contributed by atoms with van der Waals surface area (Å²) in [6.45, 7) is 0.240. The summed E-state index contributed by atoms with van der Waals surface area (Å²) in [5.74, 6) is 0.797. The lowest BCUT2D eigenvalue weighted by Gasteiger charge is -2.11. The van der Waals surface area contributed by atoms with Crippen molar-refractivity contribution in [3.05, 3.63) is 53.9 Å². The Morgan fingerprint density at radius 2 is 1.79 bits per heavy atom. The van der Waals surface area contributed by atoms with Crippen LogP contribution in [0.2, 0.25) is 0 Å². The molecule has 0 unspecified atom stereocenters. The maximum atomic E-state index is 12.4. The molecule has 0 amide bonds. The Bertz CT molecular complexity index is 553. The van der Waals surface area contributed by atoms with Gasteiger partial charge in [-0.3, -0.25) is 4.98 Å². The fraction of sp³-hybridized carbons (Fsp3) is 0.154. The SMILES string of the molecule is NCc1cnccc1Oc1ccc(C(F)(F)F)cc1. The molecule has 1 aromatic carbocycles. The molecule has 0 atom stereocenters. The number of rotatable bonds is 3. The number of halogens is 3. The number of nitrogens with zero attached hydrogens (tertiary/aromatic N) is 1. The second-order valence-electron chi connectivity index (χ2n) is 3.81. The minimum atomic E-state index is -4.35. The Morgan fingerprint density at radius 3 is 2.37 bits per heavy atom. The zero-order chi connectivity index (χ0) is 13.9. The van der Waals surface area contributed by atoms with E-state index in [4.69, 9.17) is 10.5 Å². The van der Waals surface area contributed by atoms with Crippen LogP contribution in [0.25, 0.3) is 0 Å². The highest BCUT2D eigenvalue weighted by atomic mass is 19.4. The summed E-state index contributed by atoms with van der Waals surface area (Å²) < 4.78 is 42.7. The van der Waals surface area contributed by atoms with Crippen molar-refractivity contribution in [3.63, 3.8) is 0 Å². The van der Waals surface area contributed by atoms with Crippen molar-refractivity contribution in [2.45, 2.75) is 12.7 Å². The molecule has 0 spiro atoms. The van der Waals surface area contributed by atoms with Gasteiger partial charge in [0.05, 0.1) is 5.56 Å². The van der Waals surface area contributed by atoms with E-state index in [2.05, 4.69) is 4.98 Å². The number of ether oxygens (including phenoxy) is 1. The van der Waals surface area contributed by atoms with Crippen molar-refractivity contribution in [2.24, 2.45) is 5.73 Å². The number of nitrogens with two attached hydrogens (primary N) is 1. The van der Waals surface area contributed by atoms with E-state index >= 15 is 0 Å². The van der Waals surface area contributed by atoms with Gasteiger partial charge in [-0.05, 0) is 30.3 Å². The summed E-state index contributed by atoms with van der Waals surface area (Å²) in [6, 6.07) is 6.09. The van der Waals surface area contributed by atoms with Gasteiger partial charge in [-0.25, -0.2) is 0 Å². The van der Waals surface area contributed by atoms with E-state index in [9.17, 15) is 13.2 Å². The lowest BCUT2D eigenvalue weighted by atomic mass is 10.2. The minimum absolute atomic E-state index is 0.240. The van der Waals surface area contributed by atoms with Crippen LogP contribution in [0.15, 0.2) is 42.7 Å². The van der Waals surface area contributed by atoms with Crippen molar-refractivity contribution < 1.29 is 17.9 Å². The lowest BCUT2D eigenvalue weighted by Crippen LogP contribution is -2.04. The minimum Gasteiger partial charge on any atom is -0.457 e. The van der Waals surface area contributed by atoms with Crippen molar-refractivity contribution in [1.82, 2.24) is 4.98 Å². The summed E-state index contributed by atoms with van der Waals surface area (Å²) in [5, 5.41) is 0. The molecule has 100 valence electrons. The number of aromatic nitrogens is 1. The van der Waals surface area contributed by atoms with Crippen LogP contribution >= 0.6 is 0 Å². The third-order valence-electron chi connectivity index (χ3n) is 2.49. The maximum absolute atomic E-state index is 12.4. The number of pyridine rings is 1. The summed E-state index contributed by atoms with van der Waals surface area (Å²) in [6.07, 6.45) is -1.27. The molecule has 2 N–H and O–H groups in total. The molecule has 0 saturated heterocycles. The summed E-state index contributed by atoms with van der Waals surface area (Å²) in [5.41, 5.74) is 5.49. The summed E-state index contributed by atoms with van der Waals surface area (Å²) in [4.78, 5) is 3.90. The molecule has 6 heteroatoms. The quantitative estimate of drug-likeness (QED) is 0.928. The molecule has 19 heavy (non-hydrogen) atoms. The normalized spacial score (nSPS) is 11.4. The van der Waals surface area contributed by atoms with E-state index in [0.29, 0.717) is 17.1 Å². The highest BCUT2D eigenvalue weighted by Crippen LogP contribution is 2.31. The fourth-order valence-electron chi connectivity index (χ4n) is 1.51. The Hall–Kier alpha value is -2.08. The average Bonchev–Trinajstić information content (AvgIpc) is 2.39. The van der Waals surface area contributed by atoms with Crippen LogP contribution in [0.1, 0.15) is 11.1 Å². The van der Waals surface area contributed by atoms with Crippen LogP contribution in [0.4, 0.5) is 13.2 Å². The van der Waals surface area contributed by atoms with Gasteiger partial charge in [0.25, 0.3) is 0 Å². The second kappa shape index (κ2) is 5.27. The first kappa shape index (κ1) is 13.4. The number of benzene rings is 1. The molecule has 2 aromatic rings. The van der Waals surface area contributed by atoms with Crippen LogP contribution in [0.3, 0.4) is 0 Å². The van der Waals surface area contributed by atoms with Crippen LogP contribution in [-0.2, 0) is 12.7 Å². The Balaban J connectivity index is 2.20. The van der Waals surface area contributed by atoms with Gasteiger partial charge in [0.15, 0.2) is 0 Å². The molecular formula is C13H11F3N2O. The van der Waals surface area contributed by atoms with Gasteiger partial charge in [-0.2, -0.15) is 13.2 Å². The Morgan fingerprint density at radius 1 is 1.11 bits per heavy atom. The molecule has 3 nitrogen and oxygen atoms in total. The van der Waals surface area contributed by atoms with E-state index in [1.54, 1.807) is 12.3 Å². The highest BCUT2D eigenvalue weighted by Gasteiger charge is 2.30. The molecule has 0 aliphatic heterocycles. The fourth-order valence-corrected chi connectivity index (χ4v) is 1.51. The molecule has 0 saturated carbocycles. The predicted molar refractivity (Wildman–Crippen MR) is 63.6 cm³/mol. The number of alkyl halides is 3. The first-order chi connectivity index (χ1) is 9.00. The van der Waals surface area contributed by atoms with Crippen LogP contribution in [0.5, 0.6) is 11.5 Å². The highest BCUT2D eigenvalue weighted by molar-refractivity contribution is 5.37. The maximum Gasteiger partial charge on any atom is 0.416 e. The third-order valence-corrected chi connectivity index (χ3v) is 2.49. The topological polar surface area (TPSA) is 48.1 Å². The largest absolute Gasteiger partial charge is 0.457 e. The first-order valence-electron chi connectivity index (χ1n) is 5.49. The van der Waals surface area contributed by atoms with Crippen molar-refractivity contribution >= 4 is 0 Å². The smallest absolute Gasteiger partial charge is 0.416 e. The monoisotopic (exact) mass is 268 g/mol. The van der Waals surface area contributed by atoms with E-state index in [-0.39, 0.29) is 6.54 Å². The molecule has 0 radical (unpaired) electrons. The van der Waals surface area contributed by atoms with Crippen LogP contribution in [0, 0.1) is 0 Å². The molecule has 1 aromatic heterocycles. The van der Waals surface area contributed by atoms with Gasteiger partial charge in [0.2, 0.25) is 0 Å². The van der Waals surface area contributed by atoms with Crippen molar-refractivity contribution in [1.29, 1.82) is 0 Å². The average molecular weight is 268 g/mol. The van der Waals surface area contributed by atoms with Gasteiger partial charge in [0.1, 0.15) is 11.5 Å². The van der Waals surface area contributed by atoms with Gasteiger partial charge >= 0.3 is 6.18 Å². The lowest BCUT2D eigenvalue weighted by molar-refractivity contribution is -0.137. The second-order valence-corrected chi connectivity index (χ2v) is 3.81. The van der Waals surface area contributed by atoms with Crippen molar-refractivity contribution in [2.75, 3.05) is 0 Å². The number of hydrogen-bond acceptors (Lipinski definition) is 3. The number of hydrogen-bond donors (Lipinski definition) is 1. The Labute approximate surface area is 107 Å². The standard InChI is InChI=1S/C13H11F3N2O/c14-13(15,16)10-1-3-11(4-2-10)19-12-5-6-18-8-9(12)7-17/h1-6,8H,7,17H2. The third kappa shape index (κ3) is 3.23. The van der Waals surface area contributed by atoms with E-state index < -0.39 is 11.7 Å². The zero-order valence-electron chi connectivity index (χ0n) is 9.82. The molecule has 0 aliphatic rings. The molecule has 0 aliphatic carbocycles. The van der Waals surface area contributed by atoms with Crippen molar-refractivity contribution in [3.8, 4) is 11.5 Å². The van der Waals surface area contributed by atoms with Gasteiger partial charge < -0.3 is 10.5 Å². The zero-order valence-corrected chi connectivity index (χ0v) is 9.82. The van der Waals surface area contributed by atoms with Crippen LogP contribution < -0.4 is 10.5 Å². The summed E-state index contributed by atoms with van der Waals surface area (Å²) in [7, 11) is 0. The molecule has 1 heterocycles. The predicted octanol–water partition coefficient (Wildman–Crippen LogP) is 3.35. The van der Waals surface area contributed by atoms with E-state index in [1.165, 1.54) is 18.3 Å². The van der Waals surface area contributed by atoms with Gasteiger partial charge in [0, 0.05) is 24.5 Å². The molecule has 0 fully saturated rings. The Kier molecular flexibility index (Phi) is 3.71. The molecular weight excluding hydrogens is 257 g/mol. The summed E-state index contributed by atoms with van der Waals surface area (Å²) >= 11 is 0. The van der Waals surface area contributed by atoms with Gasteiger partial charge in [-0.1, -0.05) is 0 Å². The molecule has 0 bridgehead atoms.